The molecule has 0 atom stereocenters. The van der Waals surface area contributed by atoms with Gasteiger partial charge in [0.1, 0.15) is 34.6 Å². The number of ether oxygens (including phenoxy) is 2. The Balaban J connectivity index is 0.000000139. The minimum absolute atomic E-state index is 0.0365. The predicted octanol–water partition coefficient (Wildman–Crippen LogP) is 16.2. The molecule has 458 valence electrons. The number of nitrogens with zero attached hydrogens (tertiary/aromatic N) is 11. The number of nitrogens with one attached hydrogen (secondary N) is 4. The van der Waals surface area contributed by atoms with E-state index in [2.05, 4.69) is 150 Å². The van der Waals surface area contributed by atoms with E-state index in [4.69, 9.17) is 9.47 Å². The first-order valence-corrected chi connectivity index (χ1v) is 32.1. The first-order valence-electron chi connectivity index (χ1n) is 29.8. The maximum absolute atomic E-state index is 13.4. The first-order chi connectivity index (χ1) is 42.8. The summed E-state index contributed by atoms with van der Waals surface area (Å²) in [6.07, 6.45) is 11.1. The third kappa shape index (κ3) is 14.7. The highest BCUT2D eigenvalue weighted by Gasteiger charge is 2.30. The van der Waals surface area contributed by atoms with Gasteiger partial charge in [-0.2, -0.15) is 13.1 Å². The number of pyridine rings is 3. The summed E-state index contributed by atoms with van der Waals surface area (Å²) in [5.74, 6) is 5.78. The number of phenolic OH excluding ortho intramolecular Hbond substituents is 1. The number of fused-ring (bicyclic) bond motifs is 3. The Kier molecular flexibility index (Phi) is 18.5. The number of aromatic hydroxyl groups is 1. The Morgan fingerprint density at radius 3 is 1.57 bits per heavy atom. The number of hydrogen-bond acceptors (Lipinski definition) is 21. The molecule has 0 aliphatic carbocycles. The third-order valence-corrected chi connectivity index (χ3v) is 16.6. The SMILES string of the molecule is CC(C)(C)c1nsc(Nc2cccnc2N2CCCc3cccc(O)c32)n1.CC(C)(C)c1nsc(Nc2cccnc2Oc2cccc3c2N(C(=O)c2ccccc2)CCC3)n1.CC(C)(C)c1nsc(Nc2cccnc2Oc2cccc3c2NCCC3)n1. The third-order valence-electron chi connectivity index (χ3n) is 14.7. The minimum Gasteiger partial charge on any atom is -0.506 e. The maximum atomic E-state index is 13.4. The molecule has 6 aromatic heterocycles. The van der Waals surface area contributed by atoms with Crippen molar-refractivity contribution in [1.29, 1.82) is 0 Å². The highest BCUT2D eigenvalue weighted by atomic mass is 32.1. The Morgan fingerprint density at radius 2 is 1.00 bits per heavy atom. The molecule has 0 unspecified atom stereocenters. The van der Waals surface area contributed by atoms with Crippen molar-refractivity contribution in [2.75, 3.05) is 50.7 Å². The van der Waals surface area contributed by atoms with Gasteiger partial charge in [0.25, 0.3) is 5.91 Å². The van der Waals surface area contributed by atoms with E-state index in [-0.39, 0.29) is 27.9 Å². The topological polar surface area (TPSA) is 226 Å². The zero-order chi connectivity index (χ0) is 62.3. The average Bonchev–Trinajstić information content (AvgIpc) is 2.79. The number of hydrogen-bond donors (Lipinski definition) is 5. The van der Waals surface area contributed by atoms with Gasteiger partial charge >= 0.3 is 0 Å². The van der Waals surface area contributed by atoms with E-state index in [0.717, 1.165) is 130 Å². The predicted molar refractivity (Wildman–Crippen MR) is 358 cm³/mol. The van der Waals surface area contributed by atoms with Gasteiger partial charge in [-0.25, -0.2) is 29.9 Å². The molecule has 19 nitrogen and oxygen atoms in total. The number of anilines is 10. The summed E-state index contributed by atoms with van der Waals surface area (Å²) in [5.41, 5.74) is 8.86. The molecule has 0 spiro atoms. The molecule has 5 N–H and O–H groups in total. The summed E-state index contributed by atoms with van der Waals surface area (Å²) in [4.78, 5) is 44.6. The smallest absolute Gasteiger partial charge is 0.258 e. The molecule has 22 heteroatoms. The summed E-state index contributed by atoms with van der Waals surface area (Å²) in [6.45, 7) is 21.2. The van der Waals surface area contributed by atoms with Crippen LogP contribution in [0.1, 0.15) is 126 Å². The van der Waals surface area contributed by atoms with Gasteiger partial charge in [-0.05, 0) is 122 Å². The maximum Gasteiger partial charge on any atom is 0.258 e. The monoisotopic (exact) mass is 1250 g/mol. The first kappa shape index (κ1) is 61.5. The fourth-order valence-corrected chi connectivity index (χ4v) is 12.5. The van der Waals surface area contributed by atoms with E-state index in [1.165, 1.54) is 40.2 Å². The number of para-hydroxylation sites is 3. The molecule has 0 saturated heterocycles. The van der Waals surface area contributed by atoms with Crippen LogP contribution in [0.3, 0.4) is 0 Å². The van der Waals surface area contributed by atoms with Crippen LogP contribution in [0, 0.1) is 0 Å². The number of amides is 1. The molecule has 9 heterocycles. The molecule has 3 aliphatic rings. The Labute approximate surface area is 531 Å². The second-order valence-corrected chi connectivity index (χ2v) is 27.0. The molecule has 0 saturated carbocycles. The lowest BCUT2D eigenvalue weighted by Crippen LogP contribution is -2.35. The van der Waals surface area contributed by atoms with E-state index in [1.807, 2.05) is 102 Å². The van der Waals surface area contributed by atoms with Crippen molar-refractivity contribution in [3.05, 3.63) is 180 Å². The van der Waals surface area contributed by atoms with Crippen molar-refractivity contribution < 1.29 is 19.4 Å². The van der Waals surface area contributed by atoms with E-state index < -0.39 is 0 Å². The quantitative estimate of drug-likeness (QED) is 0.0766. The fourth-order valence-electron chi connectivity index (χ4n) is 10.2. The number of benzene rings is 4. The number of rotatable bonds is 12. The lowest BCUT2D eigenvalue weighted by Gasteiger charge is -2.32. The molecule has 13 rings (SSSR count). The normalized spacial score (nSPS) is 13.6. The zero-order valence-electron chi connectivity index (χ0n) is 51.5. The second-order valence-electron chi connectivity index (χ2n) is 24.7. The van der Waals surface area contributed by atoms with Gasteiger partial charge in [0.2, 0.25) is 27.2 Å². The zero-order valence-corrected chi connectivity index (χ0v) is 53.9. The van der Waals surface area contributed by atoms with Crippen LogP contribution in [0.5, 0.6) is 29.0 Å². The van der Waals surface area contributed by atoms with Crippen LogP contribution in [0.4, 0.5) is 55.3 Å². The van der Waals surface area contributed by atoms with Crippen LogP contribution in [-0.4, -0.2) is 73.7 Å². The van der Waals surface area contributed by atoms with Crippen LogP contribution >= 0.6 is 34.6 Å². The van der Waals surface area contributed by atoms with Crippen LogP contribution in [0.2, 0.25) is 0 Å². The number of aryl methyl sites for hydroxylation is 3. The molecular formula is C67H73N15O4S3. The van der Waals surface area contributed by atoms with Crippen molar-refractivity contribution in [2.24, 2.45) is 0 Å². The van der Waals surface area contributed by atoms with E-state index >= 15 is 0 Å². The second kappa shape index (κ2) is 26.7. The fraction of sp³-hybridized carbons (Fsp3) is 0.313. The number of aromatic nitrogens is 9. The van der Waals surface area contributed by atoms with Crippen LogP contribution in [-0.2, 0) is 35.5 Å². The van der Waals surface area contributed by atoms with E-state index in [1.54, 1.807) is 24.7 Å². The lowest BCUT2D eigenvalue weighted by molar-refractivity contribution is 0.0984. The van der Waals surface area contributed by atoms with Gasteiger partial charge in [0.15, 0.2) is 17.3 Å². The van der Waals surface area contributed by atoms with Crippen LogP contribution in [0.25, 0.3) is 0 Å². The minimum atomic E-state index is -0.136. The Bertz CT molecular complexity index is 4080. The highest BCUT2D eigenvalue weighted by molar-refractivity contribution is 7.10. The van der Waals surface area contributed by atoms with Gasteiger partial charge in [-0.15, -0.1) is 0 Å². The molecule has 0 fully saturated rings. The molecule has 0 radical (unpaired) electrons. The summed E-state index contributed by atoms with van der Waals surface area (Å²) >= 11 is 3.99. The van der Waals surface area contributed by atoms with Crippen molar-refractivity contribution in [3.63, 3.8) is 0 Å². The van der Waals surface area contributed by atoms with E-state index in [0.29, 0.717) is 40.4 Å². The summed E-state index contributed by atoms with van der Waals surface area (Å²) in [7, 11) is 0. The Morgan fingerprint density at radius 1 is 0.517 bits per heavy atom. The summed E-state index contributed by atoms with van der Waals surface area (Å²) < 4.78 is 25.9. The van der Waals surface area contributed by atoms with Crippen molar-refractivity contribution in [1.82, 2.24) is 43.0 Å². The molecule has 10 aromatic rings. The van der Waals surface area contributed by atoms with E-state index in [9.17, 15) is 9.90 Å². The highest BCUT2D eigenvalue weighted by Crippen LogP contribution is 2.44. The lowest BCUT2D eigenvalue weighted by atomic mass is 9.96. The molecule has 3 aliphatic heterocycles. The van der Waals surface area contributed by atoms with Gasteiger partial charge in [-0.1, -0.05) is 117 Å². The van der Waals surface area contributed by atoms with Gasteiger partial charge in [0.05, 0.1) is 22.7 Å². The van der Waals surface area contributed by atoms with Crippen LogP contribution in [0.15, 0.2) is 140 Å². The number of carbonyl (C=O) groups excluding carboxylic acids is 1. The van der Waals surface area contributed by atoms with Gasteiger partial charge in [-0.3, -0.25) is 4.79 Å². The van der Waals surface area contributed by atoms with Gasteiger partial charge in [0, 0.05) is 94.6 Å². The molecular weight excluding hydrogens is 1180 g/mol. The summed E-state index contributed by atoms with van der Waals surface area (Å²) in [6, 6.07) is 38.5. The van der Waals surface area contributed by atoms with Gasteiger partial charge < -0.3 is 45.6 Å². The average molecular weight is 1250 g/mol. The number of carbonyl (C=O) groups is 1. The Hall–Kier alpha value is -9.12. The van der Waals surface area contributed by atoms with Crippen molar-refractivity contribution >= 4 is 95.8 Å². The van der Waals surface area contributed by atoms with Crippen LogP contribution < -0.4 is 40.5 Å². The van der Waals surface area contributed by atoms with Crippen molar-refractivity contribution in [3.8, 4) is 29.0 Å². The molecule has 1 amide bonds. The van der Waals surface area contributed by atoms with Crippen molar-refractivity contribution in [2.45, 2.75) is 117 Å². The summed E-state index contributed by atoms with van der Waals surface area (Å²) in [5, 5.41) is 26.0. The number of phenols is 1. The molecule has 89 heavy (non-hydrogen) atoms. The molecule has 4 aromatic carbocycles. The largest absolute Gasteiger partial charge is 0.506 e. The standard InChI is InChI=1S/C27H27N5O2S.2C20H23N5OS/c1-27(2,3)25-30-26(35-31-25)29-20-14-8-16-28-23(20)34-21-15-7-12-18-13-9-17-32(22(18)21)24(33)19-10-5-4-6-11-19;1-20(2,3)18-23-19(27-24-18)22-14-9-5-11-21-17(14)25-12-6-8-13-7-4-10-15(26)16(13)25;1-20(2,3)18-24-19(27-25-18)23-14-9-6-12-22-17(14)26-15-10-4-7-13-8-5-11-21-16(13)15/h4-8,10-12,14-16H,9,13,17H2,1-3H3,(H,29,30,31);4-5,7,9-11,26H,6,8,12H2,1-3H3,(H,22,23,24);4,6-7,9-10,12,21H,5,8,11H2,1-3H3,(H,23,24,25). The molecule has 0 bridgehead atoms.